The molecule has 0 spiro atoms. The van der Waals surface area contributed by atoms with Crippen molar-refractivity contribution < 1.29 is 9.50 Å². The van der Waals surface area contributed by atoms with Gasteiger partial charge >= 0.3 is 0 Å². The van der Waals surface area contributed by atoms with Crippen molar-refractivity contribution in [1.82, 2.24) is 0 Å². The van der Waals surface area contributed by atoms with Gasteiger partial charge in [0.2, 0.25) is 0 Å². The van der Waals surface area contributed by atoms with E-state index in [1.54, 1.807) is 12.1 Å². The van der Waals surface area contributed by atoms with Crippen molar-refractivity contribution >= 4 is 15.9 Å². The molecular formula is C12H12BrFO. The van der Waals surface area contributed by atoms with Gasteiger partial charge in [-0.1, -0.05) is 17.7 Å². The van der Waals surface area contributed by atoms with E-state index in [0.717, 1.165) is 24.8 Å². The van der Waals surface area contributed by atoms with Gasteiger partial charge in [-0.05, 0) is 52.9 Å². The third-order valence-corrected chi connectivity index (χ3v) is 3.21. The van der Waals surface area contributed by atoms with E-state index in [4.69, 9.17) is 0 Å². The molecule has 0 heterocycles. The highest BCUT2D eigenvalue weighted by Gasteiger charge is 2.13. The molecule has 1 N–H and O–H groups in total. The summed E-state index contributed by atoms with van der Waals surface area (Å²) >= 11 is 3.16. The SMILES string of the molecule is OC1C=C(Cc2ccc(F)c(Br)c2)CC1. The Morgan fingerprint density at radius 3 is 2.87 bits per heavy atom. The number of hydrogen-bond acceptors (Lipinski definition) is 1. The van der Waals surface area contributed by atoms with E-state index >= 15 is 0 Å². The summed E-state index contributed by atoms with van der Waals surface area (Å²) in [6.07, 6.45) is 4.17. The van der Waals surface area contributed by atoms with Crippen LogP contribution in [-0.4, -0.2) is 11.2 Å². The number of hydrogen-bond donors (Lipinski definition) is 1. The Kier molecular flexibility index (Phi) is 3.22. The van der Waals surface area contributed by atoms with Gasteiger partial charge in [0.15, 0.2) is 0 Å². The molecule has 0 aromatic heterocycles. The molecule has 0 bridgehead atoms. The average Bonchev–Trinajstić information content (AvgIpc) is 2.58. The van der Waals surface area contributed by atoms with Crippen molar-refractivity contribution in [3.05, 3.63) is 45.7 Å². The fraction of sp³-hybridized carbons (Fsp3) is 0.333. The summed E-state index contributed by atoms with van der Waals surface area (Å²) in [5, 5.41) is 9.33. The van der Waals surface area contributed by atoms with Crippen molar-refractivity contribution in [2.24, 2.45) is 0 Å². The molecule has 0 amide bonds. The average molecular weight is 271 g/mol. The van der Waals surface area contributed by atoms with Crippen LogP contribution in [0.2, 0.25) is 0 Å². The van der Waals surface area contributed by atoms with E-state index in [0.29, 0.717) is 4.47 Å². The first kappa shape index (κ1) is 10.8. The molecular weight excluding hydrogens is 259 g/mol. The second-order valence-corrected chi connectivity index (χ2v) is 4.71. The third-order valence-electron chi connectivity index (χ3n) is 2.60. The molecule has 80 valence electrons. The third kappa shape index (κ3) is 2.67. The highest BCUT2D eigenvalue weighted by molar-refractivity contribution is 9.10. The molecule has 1 aromatic carbocycles. The summed E-state index contributed by atoms with van der Waals surface area (Å²) in [4.78, 5) is 0. The van der Waals surface area contributed by atoms with Crippen LogP contribution in [0.15, 0.2) is 34.3 Å². The quantitative estimate of drug-likeness (QED) is 0.819. The molecule has 0 fully saturated rings. The first-order valence-electron chi connectivity index (χ1n) is 4.97. The molecule has 1 aliphatic carbocycles. The van der Waals surface area contributed by atoms with E-state index in [9.17, 15) is 9.50 Å². The standard InChI is InChI=1S/C12H12BrFO/c13-11-7-9(2-4-12(11)14)5-8-1-3-10(15)6-8/h2,4,6-7,10,15H,1,3,5H2. The lowest BCUT2D eigenvalue weighted by atomic mass is 10.1. The Morgan fingerprint density at radius 2 is 2.27 bits per heavy atom. The Hall–Kier alpha value is -0.670. The summed E-state index contributed by atoms with van der Waals surface area (Å²) in [5.41, 5.74) is 2.31. The first-order valence-corrected chi connectivity index (χ1v) is 5.76. The predicted molar refractivity (Wildman–Crippen MR) is 61.1 cm³/mol. The Morgan fingerprint density at radius 1 is 1.47 bits per heavy atom. The van der Waals surface area contributed by atoms with Crippen LogP contribution in [-0.2, 0) is 6.42 Å². The topological polar surface area (TPSA) is 20.2 Å². The number of aliphatic hydroxyl groups is 1. The summed E-state index contributed by atoms with van der Waals surface area (Å²) < 4.78 is 13.5. The van der Waals surface area contributed by atoms with Crippen LogP contribution < -0.4 is 0 Å². The smallest absolute Gasteiger partial charge is 0.137 e. The van der Waals surface area contributed by atoms with Gasteiger partial charge in [-0.3, -0.25) is 0 Å². The summed E-state index contributed by atoms with van der Waals surface area (Å²) in [7, 11) is 0. The van der Waals surface area contributed by atoms with Crippen molar-refractivity contribution in [3.63, 3.8) is 0 Å². The second kappa shape index (κ2) is 4.45. The maximum absolute atomic E-state index is 13.0. The first-order chi connectivity index (χ1) is 7.15. The molecule has 3 heteroatoms. The number of halogens is 2. The lowest BCUT2D eigenvalue weighted by Gasteiger charge is -2.03. The number of aliphatic hydroxyl groups excluding tert-OH is 1. The van der Waals surface area contributed by atoms with Crippen molar-refractivity contribution in [3.8, 4) is 0 Å². The van der Waals surface area contributed by atoms with Gasteiger partial charge in [0, 0.05) is 0 Å². The van der Waals surface area contributed by atoms with Crippen LogP contribution in [0.4, 0.5) is 4.39 Å². The maximum atomic E-state index is 13.0. The lowest BCUT2D eigenvalue weighted by Crippen LogP contribution is -1.93. The molecule has 15 heavy (non-hydrogen) atoms. The summed E-state index contributed by atoms with van der Waals surface area (Å²) in [6.45, 7) is 0. The zero-order chi connectivity index (χ0) is 10.8. The highest BCUT2D eigenvalue weighted by Crippen LogP contribution is 2.24. The highest BCUT2D eigenvalue weighted by atomic mass is 79.9. The van der Waals surface area contributed by atoms with Crippen LogP contribution in [0.1, 0.15) is 18.4 Å². The van der Waals surface area contributed by atoms with E-state index in [-0.39, 0.29) is 11.9 Å². The Labute approximate surface area is 96.8 Å². The number of allylic oxidation sites excluding steroid dienone is 1. The van der Waals surface area contributed by atoms with Crippen LogP contribution in [0, 0.1) is 5.82 Å². The van der Waals surface area contributed by atoms with Gasteiger partial charge in [-0.15, -0.1) is 0 Å². The Bertz CT molecular complexity index is 401. The molecule has 0 saturated heterocycles. The molecule has 1 aromatic rings. The Balaban J connectivity index is 2.11. The fourth-order valence-corrected chi connectivity index (χ4v) is 2.26. The summed E-state index contributed by atoms with van der Waals surface area (Å²) in [5.74, 6) is -0.237. The molecule has 2 rings (SSSR count). The zero-order valence-corrected chi connectivity index (χ0v) is 9.80. The minimum atomic E-state index is -0.288. The minimum absolute atomic E-state index is 0.237. The van der Waals surface area contributed by atoms with Crippen molar-refractivity contribution in [2.45, 2.75) is 25.4 Å². The fourth-order valence-electron chi connectivity index (χ4n) is 1.83. The molecule has 1 aliphatic rings. The van der Waals surface area contributed by atoms with Gasteiger partial charge in [0.05, 0.1) is 10.6 Å². The molecule has 0 aliphatic heterocycles. The maximum Gasteiger partial charge on any atom is 0.137 e. The van der Waals surface area contributed by atoms with Crippen molar-refractivity contribution in [2.75, 3.05) is 0 Å². The minimum Gasteiger partial charge on any atom is -0.389 e. The van der Waals surface area contributed by atoms with Gasteiger partial charge in [-0.25, -0.2) is 4.39 Å². The number of rotatable bonds is 2. The van der Waals surface area contributed by atoms with Crippen LogP contribution in [0.5, 0.6) is 0 Å². The van der Waals surface area contributed by atoms with Gasteiger partial charge in [0.25, 0.3) is 0 Å². The van der Waals surface area contributed by atoms with Gasteiger partial charge < -0.3 is 5.11 Å². The van der Waals surface area contributed by atoms with Crippen LogP contribution in [0.25, 0.3) is 0 Å². The summed E-state index contributed by atoms with van der Waals surface area (Å²) in [6, 6.07) is 5.04. The van der Waals surface area contributed by atoms with E-state index in [2.05, 4.69) is 15.9 Å². The van der Waals surface area contributed by atoms with E-state index in [1.807, 2.05) is 6.08 Å². The molecule has 0 saturated carbocycles. The zero-order valence-electron chi connectivity index (χ0n) is 8.21. The van der Waals surface area contributed by atoms with E-state index in [1.165, 1.54) is 11.6 Å². The van der Waals surface area contributed by atoms with Crippen molar-refractivity contribution in [1.29, 1.82) is 0 Å². The predicted octanol–water partition coefficient (Wildman–Crippen LogP) is 3.21. The lowest BCUT2D eigenvalue weighted by molar-refractivity contribution is 0.223. The molecule has 0 radical (unpaired) electrons. The van der Waals surface area contributed by atoms with Gasteiger partial charge in [-0.2, -0.15) is 0 Å². The monoisotopic (exact) mass is 270 g/mol. The van der Waals surface area contributed by atoms with Crippen LogP contribution >= 0.6 is 15.9 Å². The molecule has 1 nitrogen and oxygen atoms in total. The second-order valence-electron chi connectivity index (χ2n) is 3.86. The van der Waals surface area contributed by atoms with Crippen LogP contribution in [0.3, 0.4) is 0 Å². The largest absolute Gasteiger partial charge is 0.389 e. The number of benzene rings is 1. The van der Waals surface area contributed by atoms with Gasteiger partial charge in [0.1, 0.15) is 5.82 Å². The van der Waals surface area contributed by atoms with E-state index < -0.39 is 0 Å². The molecule has 1 unspecified atom stereocenters. The normalized spacial score (nSPS) is 20.5. The molecule has 1 atom stereocenters.